The average molecular weight is 201 g/mol. The Labute approximate surface area is 80.6 Å². The normalized spacial score (nSPS) is 10.0. The fourth-order valence-corrected chi connectivity index (χ4v) is 1.27. The molecule has 0 aliphatic carbocycles. The van der Waals surface area contributed by atoms with Crippen LogP contribution in [0.4, 0.5) is 0 Å². The number of phenolic OH excluding ortho intramolecular Hbond substituents is 1. The Kier molecular flexibility index (Phi) is 2.78. The highest BCUT2D eigenvalue weighted by Crippen LogP contribution is 2.27. The maximum Gasteiger partial charge on any atom is 0.307 e. The van der Waals surface area contributed by atoms with Gasteiger partial charge in [0, 0.05) is 10.6 Å². The third-order valence-electron chi connectivity index (χ3n) is 1.84. The lowest BCUT2D eigenvalue weighted by Gasteiger charge is -2.07. The van der Waals surface area contributed by atoms with Crippen LogP contribution in [0.15, 0.2) is 12.1 Å². The molecule has 1 aromatic rings. The Morgan fingerprint density at radius 2 is 2.15 bits per heavy atom. The number of rotatable bonds is 2. The van der Waals surface area contributed by atoms with Gasteiger partial charge in [0.05, 0.1) is 6.42 Å². The molecule has 0 saturated carbocycles. The van der Waals surface area contributed by atoms with Crippen LogP contribution < -0.4 is 0 Å². The highest BCUT2D eigenvalue weighted by atomic mass is 35.5. The van der Waals surface area contributed by atoms with E-state index in [4.69, 9.17) is 16.7 Å². The van der Waals surface area contributed by atoms with E-state index in [-0.39, 0.29) is 12.2 Å². The van der Waals surface area contributed by atoms with Crippen LogP contribution in [0.25, 0.3) is 0 Å². The van der Waals surface area contributed by atoms with Crippen LogP contribution in [0.1, 0.15) is 11.1 Å². The molecule has 0 aromatic heterocycles. The molecular weight excluding hydrogens is 192 g/mol. The standard InChI is InChI=1S/C9H9ClO3/c1-5-6(4-9(12)13)8(11)3-2-7(5)10/h2-3,11H,4H2,1H3,(H,12,13). The number of halogens is 1. The number of phenols is 1. The van der Waals surface area contributed by atoms with Crippen molar-refractivity contribution in [2.75, 3.05) is 0 Å². The van der Waals surface area contributed by atoms with Crippen molar-refractivity contribution < 1.29 is 15.0 Å². The second-order valence-corrected chi connectivity index (χ2v) is 3.15. The van der Waals surface area contributed by atoms with Crippen molar-refractivity contribution in [3.63, 3.8) is 0 Å². The van der Waals surface area contributed by atoms with Gasteiger partial charge in [-0.05, 0) is 24.6 Å². The maximum atomic E-state index is 10.4. The SMILES string of the molecule is Cc1c(Cl)ccc(O)c1CC(=O)O. The van der Waals surface area contributed by atoms with Gasteiger partial charge in [-0.3, -0.25) is 4.79 Å². The summed E-state index contributed by atoms with van der Waals surface area (Å²) in [7, 11) is 0. The van der Waals surface area contributed by atoms with Gasteiger partial charge in [-0.15, -0.1) is 0 Å². The molecule has 0 heterocycles. The zero-order chi connectivity index (χ0) is 10.0. The van der Waals surface area contributed by atoms with E-state index in [0.717, 1.165) is 0 Å². The van der Waals surface area contributed by atoms with E-state index in [1.165, 1.54) is 12.1 Å². The summed E-state index contributed by atoms with van der Waals surface area (Å²) in [4.78, 5) is 10.4. The molecule has 0 spiro atoms. The molecular formula is C9H9ClO3. The van der Waals surface area contributed by atoms with Crippen molar-refractivity contribution in [2.24, 2.45) is 0 Å². The van der Waals surface area contributed by atoms with Crippen molar-refractivity contribution >= 4 is 17.6 Å². The van der Waals surface area contributed by atoms with Gasteiger partial charge in [0.1, 0.15) is 5.75 Å². The molecule has 4 heteroatoms. The number of carboxylic acids is 1. The maximum absolute atomic E-state index is 10.4. The van der Waals surface area contributed by atoms with Crippen LogP contribution in [-0.4, -0.2) is 16.2 Å². The molecule has 0 aliphatic heterocycles. The summed E-state index contributed by atoms with van der Waals surface area (Å²) in [6.07, 6.45) is -0.210. The molecule has 0 radical (unpaired) electrons. The highest BCUT2D eigenvalue weighted by molar-refractivity contribution is 6.31. The fraction of sp³-hybridized carbons (Fsp3) is 0.222. The Morgan fingerprint density at radius 3 is 2.69 bits per heavy atom. The van der Waals surface area contributed by atoms with Gasteiger partial charge in [-0.2, -0.15) is 0 Å². The average Bonchev–Trinajstić information content (AvgIpc) is 2.05. The molecule has 0 amide bonds. The van der Waals surface area contributed by atoms with E-state index < -0.39 is 5.97 Å². The van der Waals surface area contributed by atoms with E-state index in [1.54, 1.807) is 6.92 Å². The van der Waals surface area contributed by atoms with Crippen molar-refractivity contribution in [2.45, 2.75) is 13.3 Å². The van der Waals surface area contributed by atoms with Gasteiger partial charge in [0.25, 0.3) is 0 Å². The molecule has 0 aliphatic rings. The minimum Gasteiger partial charge on any atom is -0.508 e. The first-order valence-corrected chi connectivity index (χ1v) is 4.09. The summed E-state index contributed by atoms with van der Waals surface area (Å²) in [5, 5.41) is 18.4. The number of aliphatic carboxylic acids is 1. The second-order valence-electron chi connectivity index (χ2n) is 2.74. The molecule has 0 fully saturated rings. The van der Waals surface area contributed by atoms with Crippen molar-refractivity contribution in [1.29, 1.82) is 0 Å². The second kappa shape index (κ2) is 3.66. The Bertz CT molecular complexity index is 347. The van der Waals surface area contributed by atoms with Crippen LogP contribution in [0.5, 0.6) is 5.75 Å². The first kappa shape index (κ1) is 9.86. The summed E-state index contributed by atoms with van der Waals surface area (Å²) in [5.74, 6) is -1.01. The van der Waals surface area contributed by atoms with Gasteiger partial charge in [0.15, 0.2) is 0 Å². The molecule has 13 heavy (non-hydrogen) atoms. The number of benzene rings is 1. The Hall–Kier alpha value is -1.22. The topological polar surface area (TPSA) is 57.5 Å². The molecule has 1 rings (SSSR count). The summed E-state index contributed by atoms with van der Waals surface area (Å²) >= 11 is 5.77. The predicted molar refractivity (Wildman–Crippen MR) is 49.2 cm³/mol. The zero-order valence-corrected chi connectivity index (χ0v) is 7.80. The molecule has 0 atom stereocenters. The lowest BCUT2D eigenvalue weighted by Crippen LogP contribution is -2.02. The monoisotopic (exact) mass is 200 g/mol. The summed E-state index contributed by atoms with van der Waals surface area (Å²) < 4.78 is 0. The smallest absolute Gasteiger partial charge is 0.307 e. The van der Waals surface area contributed by atoms with Crippen LogP contribution in [-0.2, 0) is 11.2 Å². The molecule has 0 saturated heterocycles. The van der Waals surface area contributed by atoms with E-state index in [0.29, 0.717) is 16.1 Å². The quantitative estimate of drug-likeness (QED) is 0.768. The van der Waals surface area contributed by atoms with Gasteiger partial charge in [-0.1, -0.05) is 11.6 Å². The zero-order valence-electron chi connectivity index (χ0n) is 7.04. The van der Waals surface area contributed by atoms with Crippen LogP contribution in [0.2, 0.25) is 5.02 Å². The third-order valence-corrected chi connectivity index (χ3v) is 2.25. The summed E-state index contributed by atoms with van der Waals surface area (Å²) in [6.45, 7) is 1.68. The number of hydrogen-bond donors (Lipinski definition) is 2. The summed E-state index contributed by atoms with van der Waals surface area (Å²) in [6, 6.07) is 2.94. The fourth-order valence-electron chi connectivity index (χ4n) is 1.09. The van der Waals surface area contributed by atoms with Gasteiger partial charge < -0.3 is 10.2 Å². The minimum absolute atomic E-state index is 0.0238. The number of hydrogen-bond acceptors (Lipinski definition) is 2. The molecule has 2 N–H and O–H groups in total. The lowest BCUT2D eigenvalue weighted by atomic mass is 10.0. The Balaban J connectivity index is 3.17. The molecule has 0 unspecified atom stereocenters. The van der Waals surface area contributed by atoms with Crippen molar-refractivity contribution in [1.82, 2.24) is 0 Å². The number of aromatic hydroxyl groups is 1. The highest BCUT2D eigenvalue weighted by Gasteiger charge is 2.11. The number of carbonyl (C=O) groups is 1. The predicted octanol–water partition coefficient (Wildman–Crippen LogP) is 1.98. The molecule has 3 nitrogen and oxygen atoms in total. The third kappa shape index (κ3) is 2.12. The largest absolute Gasteiger partial charge is 0.508 e. The van der Waals surface area contributed by atoms with Crippen LogP contribution >= 0.6 is 11.6 Å². The molecule has 70 valence electrons. The van der Waals surface area contributed by atoms with E-state index >= 15 is 0 Å². The molecule has 1 aromatic carbocycles. The Morgan fingerprint density at radius 1 is 1.54 bits per heavy atom. The van der Waals surface area contributed by atoms with Crippen LogP contribution in [0.3, 0.4) is 0 Å². The number of carboxylic acid groups (broad SMARTS) is 1. The van der Waals surface area contributed by atoms with Gasteiger partial charge >= 0.3 is 5.97 Å². The van der Waals surface area contributed by atoms with E-state index in [9.17, 15) is 9.90 Å². The van der Waals surface area contributed by atoms with Crippen molar-refractivity contribution in [3.8, 4) is 5.75 Å². The first-order valence-electron chi connectivity index (χ1n) is 3.71. The van der Waals surface area contributed by atoms with Gasteiger partial charge in [-0.25, -0.2) is 0 Å². The lowest BCUT2D eigenvalue weighted by molar-refractivity contribution is -0.136. The van der Waals surface area contributed by atoms with E-state index in [1.807, 2.05) is 0 Å². The van der Waals surface area contributed by atoms with Crippen molar-refractivity contribution in [3.05, 3.63) is 28.3 Å². The first-order chi connectivity index (χ1) is 6.02. The van der Waals surface area contributed by atoms with Crippen LogP contribution in [0, 0.1) is 6.92 Å². The molecule has 0 bridgehead atoms. The van der Waals surface area contributed by atoms with Gasteiger partial charge in [0.2, 0.25) is 0 Å². The van der Waals surface area contributed by atoms with E-state index in [2.05, 4.69) is 0 Å². The summed E-state index contributed by atoms with van der Waals surface area (Å²) in [5.41, 5.74) is 0.990. The minimum atomic E-state index is -0.985.